The van der Waals surface area contributed by atoms with Crippen LogP contribution < -0.4 is 15.2 Å². The third kappa shape index (κ3) is 4.13. The quantitative estimate of drug-likeness (QED) is 0.790. The average Bonchev–Trinajstić information content (AvgIpc) is 2.50. The van der Waals surface area contributed by atoms with Crippen molar-refractivity contribution in [2.45, 2.75) is 19.8 Å². The summed E-state index contributed by atoms with van der Waals surface area (Å²) in [4.78, 5) is 14.3. The van der Waals surface area contributed by atoms with Crippen molar-refractivity contribution in [2.75, 3.05) is 33.9 Å². The van der Waals surface area contributed by atoms with E-state index in [9.17, 15) is 4.79 Å². The zero-order valence-corrected chi connectivity index (χ0v) is 12.5. The van der Waals surface area contributed by atoms with E-state index in [1.807, 2.05) is 0 Å². The van der Waals surface area contributed by atoms with Gasteiger partial charge < -0.3 is 20.1 Å². The Hall–Kier alpha value is -1.75. The molecule has 0 atom stereocenters. The summed E-state index contributed by atoms with van der Waals surface area (Å²) < 4.78 is 10.4. The van der Waals surface area contributed by atoms with Crippen LogP contribution in [0.15, 0.2) is 18.2 Å². The molecule has 5 heteroatoms. The van der Waals surface area contributed by atoms with Crippen molar-refractivity contribution in [3.63, 3.8) is 0 Å². The molecule has 0 saturated carbocycles. The summed E-state index contributed by atoms with van der Waals surface area (Å²) in [7, 11) is 3.13. The van der Waals surface area contributed by atoms with Gasteiger partial charge in [0.15, 0.2) is 0 Å². The van der Waals surface area contributed by atoms with Crippen LogP contribution in [0.25, 0.3) is 0 Å². The lowest BCUT2D eigenvalue weighted by Gasteiger charge is -2.23. The number of unbranched alkanes of at least 4 members (excludes halogenated alkanes) is 1. The van der Waals surface area contributed by atoms with Crippen molar-refractivity contribution < 1.29 is 14.3 Å². The highest BCUT2D eigenvalue weighted by Gasteiger charge is 2.19. The molecule has 2 N–H and O–H groups in total. The number of carbonyl (C=O) groups is 1. The first kappa shape index (κ1) is 16.3. The molecule has 5 nitrogen and oxygen atoms in total. The number of nitrogens with zero attached hydrogens (tertiary/aromatic N) is 1. The number of hydrogen-bond acceptors (Lipinski definition) is 4. The first-order chi connectivity index (χ1) is 9.67. The fourth-order valence-corrected chi connectivity index (χ4v) is 1.97. The van der Waals surface area contributed by atoms with Crippen LogP contribution in [0.1, 0.15) is 30.1 Å². The summed E-state index contributed by atoms with van der Waals surface area (Å²) in [6.07, 6.45) is 2.00. The average molecular weight is 280 g/mol. The lowest BCUT2D eigenvalue weighted by Crippen LogP contribution is -2.36. The summed E-state index contributed by atoms with van der Waals surface area (Å²) in [5.74, 6) is 1.13. The molecule has 0 bridgehead atoms. The highest BCUT2D eigenvalue weighted by molar-refractivity contribution is 5.97. The fourth-order valence-electron chi connectivity index (χ4n) is 1.97. The standard InChI is InChI=1S/C15H24N2O3/c1-4-5-9-17(10-8-16)15(18)13-7-6-12(19-2)11-14(13)20-3/h6-7,11H,4-5,8-10,16H2,1-3H3. The van der Waals surface area contributed by atoms with E-state index >= 15 is 0 Å². The van der Waals surface area contributed by atoms with E-state index in [0.29, 0.717) is 36.7 Å². The van der Waals surface area contributed by atoms with Gasteiger partial charge in [-0.2, -0.15) is 0 Å². The minimum absolute atomic E-state index is 0.0524. The van der Waals surface area contributed by atoms with Gasteiger partial charge in [-0.15, -0.1) is 0 Å². The smallest absolute Gasteiger partial charge is 0.257 e. The summed E-state index contributed by atoms with van der Waals surface area (Å²) >= 11 is 0. The number of methoxy groups -OCH3 is 2. The maximum absolute atomic E-state index is 12.6. The van der Waals surface area contributed by atoms with E-state index in [-0.39, 0.29) is 5.91 Å². The highest BCUT2D eigenvalue weighted by Crippen LogP contribution is 2.25. The molecule has 0 heterocycles. The van der Waals surface area contributed by atoms with E-state index in [0.717, 1.165) is 12.8 Å². The summed E-state index contributed by atoms with van der Waals surface area (Å²) in [5.41, 5.74) is 6.13. The minimum atomic E-state index is -0.0524. The van der Waals surface area contributed by atoms with Crippen molar-refractivity contribution in [1.29, 1.82) is 0 Å². The Morgan fingerprint density at radius 1 is 1.25 bits per heavy atom. The van der Waals surface area contributed by atoms with Crippen LogP contribution in [0.5, 0.6) is 11.5 Å². The zero-order chi connectivity index (χ0) is 15.0. The lowest BCUT2D eigenvalue weighted by atomic mass is 10.1. The van der Waals surface area contributed by atoms with Crippen LogP contribution in [0.4, 0.5) is 0 Å². The minimum Gasteiger partial charge on any atom is -0.497 e. The van der Waals surface area contributed by atoms with Crippen molar-refractivity contribution >= 4 is 5.91 Å². The highest BCUT2D eigenvalue weighted by atomic mass is 16.5. The molecule has 0 radical (unpaired) electrons. The molecule has 0 aromatic heterocycles. The predicted octanol–water partition coefficient (Wildman–Crippen LogP) is 1.90. The summed E-state index contributed by atoms with van der Waals surface area (Å²) in [6.45, 7) is 3.81. The molecule has 20 heavy (non-hydrogen) atoms. The predicted molar refractivity (Wildman–Crippen MR) is 79.4 cm³/mol. The maximum Gasteiger partial charge on any atom is 0.257 e. The molecule has 112 valence electrons. The second-order valence-corrected chi connectivity index (χ2v) is 4.50. The van der Waals surface area contributed by atoms with Gasteiger partial charge in [-0.1, -0.05) is 13.3 Å². The van der Waals surface area contributed by atoms with Gasteiger partial charge in [0, 0.05) is 25.7 Å². The number of carbonyl (C=O) groups excluding carboxylic acids is 1. The number of hydrogen-bond donors (Lipinski definition) is 1. The SMILES string of the molecule is CCCCN(CCN)C(=O)c1ccc(OC)cc1OC. The van der Waals surface area contributed by atoms with E-state index in [1.165, 1.54) is 0 Å². The van der Waals surface area contributed by atoms with Crippen LogP contribution in [0.3, 0.4) is 0 Å². The molecule has 0 aliphatic carbocycles. The van der Waals surface area contributed by atoms with Gasteiger partial charge in [0.25, 0.3) is 5.91 Å². The normalized spacial score (nSPS) is 10.2. The molecule has 1 rings (SSSR count). The summed E-state index contributed by atoms with van der Waals surface area (Å²) in [6, 6.07) is 5.21. The van der Waals surface area contributed by atoms with Gasteiger partial charge in [-0.3, -0.25) is 4.79 Å². The number of rotatable bonds is 8. The molecule has 0 spiro atoms. The molecule has 1 aromatic carbocycles. The van der Waals surface area contributed by atoms with Crippen LogP contribution in [-0.2, 0) is 0 Å². The van der Waals surface area contributed by atoms with Crippen molar-refractivity contribution in [3.05, 3.63) is 23.8 Å². The third-order valence-corrected chi connectivity index (χ3v) is 3.11. The number of nitrogens with two attached hydrogens (primary N) is 1. The molecule has 0 aliphatic heterocycles. The van der Waals surface area contributed by atoms with E-state index in [1.54, 1.807) is 37.3 Å². The van der Waals surface area contributed by atoms with E-state index < -0.39 is 0 Å². The van der Waals surface area contributed by atoms with Gasteiger partial charge in [0.1, 0.15) is 11.5 Å². The Morgan fingerprint density at radius 2 is 2.00 bits per heavy atom. The Kier molecular flexibility index (Phi) is 6.87. The Bertz CT molecular complexity index is 435. The summed E-state index contributed by atoms with van der Waals surface area (Å²) in [5, 5.41) is 0. The van der Waals surface area contributed by atoms with Crippen molar-refractivity contribution in [2.24, 2.45) is 5.73 Å². The zero-order valence-electron chi connectivity index (χ0n) is 12.5. The van der Waals surface area contributed by atoms with Gasteiger partial charge in [0.2, 0.25) is 0 Å². The fraction of sp³-hybridized carbons (Fsp3) is 0.533. The van der Waals surface area contributed by atoms with Crippen molar-refractivity contribution in [3.8, 4) is 11.5 Å². The Labute approximate surface area is 120 Å². The maximum atomic E-state index is 12.6. The molecule has 0 fully saturated rings. The van der Waals surface area contributed by atoms with Gasteiger partial charge in [0.05, 0.1) is 19.8 Å². The first-order valence-electron chi connectivity index (χ1n) is 6.89. The largest absolute Gasteiger partial charge is 0.497 e. The monoisotopic (exact) mass is 280 g/mol. The van der Waals surface area contributed by atoms with Gasteiger partial charge >= 0.3 is 0 Å². The molecular formula is C15H24N2O3. The van der Waals surface area contributed by atoms with Gasteiger partial charge in [-0.05, 0) is 18.6 Å². The molecule has 0 unspecified atom stereocenters. The Morgan fingerprint density at radius 3 is 2.55 bits per heavy atom. The van der Waals surface area contributed by atoms with E-state index in [4.69, 9.17) is 15.2 Å². The van der Waals surface area contributed by atoms with E-state index in [2.05, 4.69) is 6.92 Å². The second-order valence-electron chi connectivity index (χ2n) is 4.50. The molecule has 0 saturated heterocycles. The topological polar surface area (TPSA) is 64.8 Å². The molecular weight excluding hydrogens is 256 g/mol. The molecule has 0 aliphatic rings. The van der Waals surface area contributed by atoms with Crippen LogP contribution >= 0.6 is 0 Å². The van der Waals surface area contributed by atoms with Gasteiger partial charge in [-0.25, -0.2) is 0 Å². The first-order valence-corrected chi connectivity index (χ1v) is 6.89. The Balaban J connectivity index is 2.97. The van der Waals surface area contributed by atoms with Crippen molar-refractivity contribution in [1.82, 2.24) is 4.90 Å². The second kappa shape index (κ2) is 8.43. The lowest BCUT2D eigenvalue weighted by molar-refractivity contribution is 0.0754. The third-order valence-electron chi connectivity index (χ3n) is 3.11. The van der Waals surface area contributed by atoms with Crippen LogP contribution in [-0.4, -0.2) is 44.7 Å². The molecule has 1 aromatic rings. The number of benzene rings is 1. The number of ether oxygens (including phenoxy) is 2. The van der Waals surface area contributed by atoms with Crippen LogP contribution in [0.2, 0.25) is 0 Å². The van der Waals surface area contributed by atoms with Crippen LogP contribution in [0, 0.1) is 0 Å². The molecule has 1 amide bonds. The number of amides is 1.